The van der Waals surface area contributed by atoms with Gasteiger partial charge in [-0.2, -0.15) is 0 Å². The largest absolute Gasteiger partial charge is 0.507 e. The number of Topliss-reactive ketones (excluding diaryl/α,β-unsaturated/α-hetero) is 1. The Hall–Kier alpha value is -4.26. The van der Waals surface area contributed by atoms with Gasteiger partial charge in [-0.1, -0.05) is 32.9 Å². The van der Waals surface area contributed by atoms with E-state index in [9.17, 15) is 14.7 Å². The zero-order valence-electron chi connectivity index (χ0n) is 24.4. The molecule has 0 spiro atoms. The molecular formula is C33H37NO6. The molecule has 210 valence electrons. The van der Waals surface area contributed by atoms with Gasteiger partial charge in [0.2, 0.25) is 0 Å². The highest BCUT2D eigenvalue weighted by atomic mass is 16.5. The minimum absolute atomic E-state index is 0.00167. The van der Waals surface area contributed by atoms with Crippen molar-refractivity contribution in [3.05, 3.63) is 88.0 Å². The van der Waals surface area contributed by atoms with Crippen molar-refractivity contribution >= 4 is 23.1 Å². The van der Waals surface area contributed by atoms with Gasteiger partial charge in [0.25, 0.3) is 11.7 Å². The van der Waals surface area contributed by atoms with Crippen molar-refractivity contribution in [3.63, 3.8) is 0 Å². The third kappa shape index (κ3) is 5.28. The predicted octanol–water partition coefficient (Wildman–Crippen LogP) is 6.64. The quantitative estimate of drug-likeness (QED) is 0.204. The van der Waals surface area contributed by atoms with Crippen LogP contribution in [0.5, 0.6) is 17.2 Å². The molecule has 1 atom stereocenters. The van der Waals surface area contributed by atoms with Gasteiger partial charge in [-0.3, -0.25) is 14.5 Å². The van der Waals surface area contributed by atoms with Crippen LogP contribution >= 0.6 is 0 Å². The lowest BCUT2D eigenvalue weighted by atomic mass is 9.84. The van der Waals surface area contributed by atoms with Crippen LogP contribution in [0.25, 0.3) is 5.76 Å². The number of aryl methyl sites for hydroxylation is 2. The molecule has 4 rings (SSSR count). The summed E-state index contributed by atoms with van der Waals surface area (Å²) in [5, 5.41) is 11.7. The molecule has 1 fully saturated rings. The van der Waals surface area contributed by atoms with Gasteiger partial charge >= 0.3 is 0 Å². The second-order valence-electron chi connectivity index (χ2n) is 11.0. The number of benzene rings is 3. The molecule has 7 nitrogen and oxygen atoms in total. The van der Waals surface area contributed by atoms with Gasteiger partial charge in [0, 0.05) is 16.8 Å². The van der Waals surface area contributed by atoms with Gasteiger partial charge in [-0.05, 0) is 85.3 Å². The second kappa shape index (κ2) is 11.1. The first-order valence-electron chi connectivity index (χ1n) is 13.3. The summed E-state index contributed by atoms with van der Waals surface area (Å²) < 4.78 is 16.8. The predicted molar refractivity (Wildman–Crippen MR) is 157 cm³/mol. The van der Waals surface area contributed by atoms with Gasteiger partial charge in [0.15, 0.2) is 11.5 Å². The molecule has 0 aromatic heterocycles. The maximum absolute atomic E-state index is 13.7. The number of hydrogen-bond acceptors (Lipinski definition) is 6. The Balaban J connectivity index is 2.01. The van der Waals surface area contributed by atoms with Crippen LogP contribution in [0.2, 0.25) is 0 Å². The number of carbonyl (C=O) groups excluding carboxylic acids is 2. The van der Waals surface area contributed by atoms with E-state index in [0.717, 1.165) is 16.7 Å². The normalized spacial score (nSPS) is 16.8. The van der Waals surface area contributed by atoms with Crippen LogP contribution in [-0.4, -0.2) is 37.6 Å². The Bertz CT molecular complexity index is 1480. The van der Waals surface area contributed by atoms with E-state index >= 15 is 0 Å². The fourth-order valence-corrected chi connectivity index (χ4v) is 5.23. The fraction of sp³-hybridized carbons (Fsp3) is 0.333. The highest BCUT2D eigenvalue weighted by Crippen LogP contribution is 2.45. The Labute approximate surface area is 236 Å². The van der Waals surface area contributed by atoms with Crippen LogP contribution < -0.4 is 19.1 Å². The lowest BCUT2D eigenvalue weighted by molar-refractivity contribution is -0.132. The molecule has 3 aromatic carbocycles. The number of anilines is 1. The van der Waals surface area contributed by atoms with Crippen LogP contribution in [0.4, 0.5) is 5.69 Å². The van der Waals surface area contributed by atoms with Crippen molar-refractivity contribution in [2.75, 3.05) is 25.7 Å². The molecule has 0 bridgehead atoms. The summed E-state index contributed by atoms with van der Waals surface area (Å²) in [6.45, 7) is 12.3. The Morgan fingerprint density at radius 2 is 1.50 bits per heavy atom. The monoisotopic (exact) mass is 543 g/mol. The molecule has 1 aliphatic rings. The van der Waals surface area contributed by atoms with Crippen molar-refractivity contribution in [2.24, 2.45) is 0 Å². The van der Waals surface area contributed by atoms with Crippen molar-refractivity contribution in [1.29, 1.82) is 0 Å². The van der Waals surface area contributed by atoms with E-state index in [0.29, 0.717) is 40.7 Å². The van der Waals surface area contributed by atoms with E-state index < -0.39 is 17.7 Å². The van der Waals surface area contributed by atoms with Gasteiger partial charge in [-0.15, -0.1) is 0 Å². The summed E-state index contributed by atoms with van der Waals surface area (Å²) >= 11 is 0. The van der Waals surface area contributed by atoms with Crippen LogP contribution in [0.3, 0.4) is 0 Å². The molecule has 7 heteroatoms. The highest BCUT2D eigenvalue weighted by Gasteiger charge is 2.47. The molecule has 1 aliphatic heterocycles. The SMILES string of the molecule is CCOc1cc(C2/C(=C(\O)c3ccc(OC)c(C(C)(C)C)c3)C(=O)C(=O)N2c2cc(C)cc(C)c2)ccc1OC. The van der Waals surface area contributed by atoms with Crippen molar-refractivity contribution in [2.45, 2.75) is 53.0 Å². The number of aliphatic hydroxyl groups is 1. The van der Waals surface area contributed by atoms with E-state index in [1.54, 1.807) is 44.6 Å². The fourth-order valence-electron chi connectivity index (χ4n) is 5.23. The number of rotatable bonds is 7. The number of ether oxygens (including phenoxy) is 3. The number of carbonyl (C=O) groups is 2. The molecule has 1 N–H and O–H groups in total. The average molecular weight is 544 g/mol. The zero-order valence-corrected chi connectivity index (χ0v) is 24.4. The molecule has 0 saturated carbocycles. The minimum atomic E-state index is -0.897. The molecule has 1 unspecified atom stereocenters. The lowest BCUT2D eigenvalue weighted by Crippen LogP contribution is -2.29. The van der Waals surface area contributed by atoms with E-state index in [2.05, 4.69) is 0 Å². The second-order valence-corrected chi connectivity index (χ2v) is 11.0. The van der Waals surface area contributed by atoms with Crippen LogP contribution in [0, 0.1) is 13.8 Å². The maximum Gasteiger partial charge on any atom is 0.300 e. The van der Waals surface area contributed by atoms with Crippen LogP contribution in [0.15, 0.2) is 60.2 Å². The average Bonchev–Trinajstić information content (AvgIpc) is 3.17. The Kier molecular flexibility index (Phi) is 7.96. The number of ketones is 1. The summed E-state index contributed by atoms with van der Waals surface area (Å²) in [7, 11) is 3.15. The summed E-state index contributed by atoms with van der Waals surface area (Å²) in [5.41, 5.74) is 4.07. The first-order valence-corrected chi connectivity index (χ1v) is 13.3. The summed E-state index contributed by atoms with van der Waals surface area (Å²) in [5.74, 6) is -0.0460. The van der Waals surface area contributed by atoms with E-state index in [1.165, 1.54) is 4.90 Å². The molecule has 0 aliphatic carbocycles. The molecule has 3 aromatic rings. The summed E-state index contributed by atoms with van der Waals surface area (Å²) in [6.07, 6.45) is 0. The maximum atomic E-state index is 13.7. The van der Waals surface area contributed by atoms with Crippen LogP contribution in [0.1, 0.15) is 61.6 Å². The molecule has 1 heterocycles. The number of aliphatic hydroxyl groups excluding tert-OH is 1. The summed E-state index contributed by atoms with van der Waals surface area (Å²) in [6, 6.07) is 15.4. The minimum Gasteiger partial charge on any atom is -0.507 e. The van der Waals surface area contributed by atoms with Gasteiger partial charge < -0.3 is 19.3 Å². The summed E-state index contributed by atoms with van der Waals surface area (Å²) in [4.78, 5) is 28.8. The topological polar surface area (TPSA) is 85.3 Å². The zero-order chi connectivity index (χ0) is 29.4. The van der Waals surface area contributed by atoms with Crippen LogP contribution in [-0.2, 0) is 15.0 Å². The molecule has 0 radical (unpaired) electrons. The smallest absolute Gasteiger partial charge is 0.300 e. The van der Waals surface area contributed by atoms with Gasteiger partial charge in [0.1, 0.15) is 11.5 Å². The molecule has 1 saturated heterocycles. The van der Waals surface area contributed by atoms with E-state index in [4.69, 9.17) is 14.2 Å². The Morgan fingerprint density at radius 1 is 0.875 bits per heavy atom. The third-order valence-corrected chi connectivity index (χ3v) is 7.01. The standard InChI is InChI=1S/C33H37NO6/c1-9-40-27-18-21(10-13-26(27)39-8)29-28(30(35)22-11-12-25(38-7)24(17-22)33(4,5)6)31(36)32(37)34(29)23-15-19(2)14-20(3)16-23/h10-18,29,35H,9H2,1-8H3/b30-28+. The Morgan fingerprint density at radius 3 is 2.08 bits per heavy atom. The number of methoxy groups -OCH3 is 2. The third-order valence-electron chi connectivity index (χ3n) is 7.01. The van der Waals surface area contributed by atoms with Gasteiger partial charge in [-0.25, -0.2) is 0 Å². The molecule has 1 amide bonds. The van der Waals surface area contributed by atoms with Crippen molar-refractivity contribution in [3.8, 4) is 17.2 Å². The van der Waals surface area contributed by atoms with Crippen molar-refractivity contribution in [1.82, 2.24) is 0 Å². The van der Waals surface area contributed by atoms with E-state index in [1.807, 2.05) is 65.8 Å². The number of hydrogen-bond donors (Lipinski definition) is 1. The molecular weight excluding hydrogens is 506 g/mol. The lowest BCUT2D eigenvalue weighted by Gasteiger charge is -2.27. The van der Waals surface area contributed by atoms with Crippen molar-refractivity contribution < 1.29 is 28.9 Å². The first-order chi connectivity index (χ1) is 18.9. The first kappa shape index (κ1) is 28.7. The molecule has 40 heavy (non-hydrogen) atoms. The number of nitrogens with zero attached hydrogens (tertiary/aromatic N) is 1. The highest BCUT2D eigenvalue weighted by molar-refractivity contribution is 6.51. The van der Waals surface area contributed by atoms with E-state index in [-0.39, 0.29) is 16.7 Å². The van der Waals surface area contributed by atoms with Gasteiger partial charge in [0.05, 0.1) is 32.4 Å². The number of amides is 1.